The summed E-state index contributed by atoms with van der Waals surface area (Å²) in [7, 11) is 3.26. The fourth-order valence-electron chi connectivity index (χ4n) is 3.04. The lowest BCUT2D eigenvalue weighted by Crippen LogP contribution is -2.87. The fraction of sp³-hybridized carbons (Fsp3) is 0.294. The lowest BCUT2D eigenvalue weighted by Gasteiger charge is -2.26. The normalized spacial score (nSPS) is 16.9. The van der Waals surface area contributed by atoms with Gasteiger partial charge in [-0.2, -0.15) is 0 Å². The summed E-state index contributed by atoms with van der Waals surface area (Å²) in [4.78, 5) is 0. The van der Waals surface area contributed by atoms with E-state index in [1.165, 1.54) is 0 Å². The maximum atomic E-state index is 9.83. The topological polar surface area (TPSA) is 75.5 Å². The first-order valence-electron chi connectivity index (χ1n) is 7.24. The summed E-state index contributed by atoms with van der Waals surface area (Å²) in [6.45, 7) is 0.914. The van der Waals surface area contributed by atoms with Gasteiger partial charge in [0.1, 0.15) is 17.5 Å². The Morgan fingerprint density at radius 3 is 2.50 bits per heavy atom. The van der Waals surface area contributed by atoms with E-state index in [0.29, 0.717) is 0 Å². The highest BCUT2D eigenvalue weighted by atomic mass is 16.5. The van der Waals surface area contributed by atoms with Crippen LogP contribution in [0.1, 0.15) is 22.7 Å². The molecule has 0 bridgehead atoms. The van der Waals surface area contributed by atoms with E-state index in [4.69, 9.17) is 9.47 Å². The van der Waals surface area contributed by atoms with Gasteiger partial charge in [0.2, 0.25) is 0 Å². The summed E-state index contributed by atoms with van der Waals surface area (Å²) in [5.74, 6) is 1.33. The van der Waals surface area contributed by atoms with E-state index in [-0.39, 0.29) is 17.5 Å². The highest BCUT2D eigenvalue weighted by molar-refractivity contribution is 5.52. The molecule has 1 heterocycles. The molecule has 2 aromatic rings. The molecule has 22 heavy (non-hydrogen) atoms. The quantitative estimate of drug-likeness (QED) is 0.748. The number of benzene rings is 2. The molecule has 0 amide bonds. The van der Waals surface area contributed by atoms with Gasteiger partial charge in [0.05, 0.1) is 26.3 Å². The number of aromatic hydroxyl groups is 2. The second-order valence-corrected chi connectivity index (χ2v) is 5.40. The molecule has 1 atom stereocenters. The third kappa shape index (κ3) is 2.44. The lowest BCUT2D eigenvalue weighted by molar-refractivity contribution is -0.690. The highest BCUT2D eigenvalue weighted by Gasteiger charge is 2.29. The molecule has 0 saturated heterocycles. The summed E-state index contributed by atoms with van der Waals surface area (Å²) in [6, 6.07) is 9.07. The molecule has 2 aromatic carbocycles. The van der Waals surface area contributed by atoms with E-state index < -0.39 is 0 Å². The van der Waals surface area contributed by atoms with Crippen molar-refractivity contribution in [3.63, 3.8) is 0 Å². The standard InChI is InChI=1S/C17H19NO4/c1-21-11-3-4-12(16(8-11)22-2)17-13-9-15(20)14(19)7-10(13)5-6-18-17/h3-4,7-9,17-20H,5-6H2,1-2H3/p+1/t17-/m0/s1. The zero-order valence-electron chi connectivity index (χ0n) is 12.7. The van der Waals surface area contributed by atoms with E-state index in [0.717, 1.165) is 41.2 Å². The molecule has 5 nitrogen and oxygen atoms in total. The van der Waals surface area contributed by atoms with Crippen LogP contribution >= 0.6 is 0 Å². The minimum Gasteiger partial charge on any atom is -0.504 e. The first-order valence-corrected chi connectivity index (χ1v) is 7.24. The largest absolute Gasteiger partial charge is 0.504 e. The van der Waals surface area contributed by atoms with Gasteiger partial charge >= 0.3 is 0 Å². The van der Waals surface area contributed by atoms with Gasteiger partial charge in [0.15, 0.2) is 11.5 Å². The molecule has 1 aliphatic heterocycles. The summed E-state index contributed by atoms with van der Waals surface area (Å²) in [5.41, 5.74) is 3.08. The lowest BCUT2D eigenvalue weighted by atomic mass is 9.89. The number of hydrogen-bond donors (Lipinski definition) is 3. The Bertz CT molecular complexity index is 699. The summed E-state index contributed by atoms with van der Waals surface area (Å²) >= 11 is 0. The number of fused-ring (bicyclic) bond motifs is 1. The number of phenolic OH excluding ortho intramolecular Hbond substituents is 2. The van der Waals surface area contributed by atoms with E-state index in [1.54, 1.807) is 26.4 Å². The fourth-order valence-corrected chi connectivity index (χ4v) is 3.04. The average molecular weight is 302 g/mol. The molecular formula is C17H20NO4+. The van der Waals surface area contributed by atoms with Crippen molar-refractivity contribution in [2.45, 2.75) is 12.5 Å². The Morgan fingerprint density at radius 2 is 1.77 bits per heavy atom. The van der Waals surface area contributed by atoms with Gasteiger partial charge in [-0.1, -0.05) is 0 Å². The zero-order valence-corrected chi connectivity index (χ0v) is 12.7. The molecular weight excluding hydrogens is 282 g/mol. The van der Waals surface area contributed by atoms with Crippen LogP contribution < -0.4 is 14.8 Å². The molecule has 3 rings (SSSR count). The maximum Gasteiger partial charge on any atom is 0.157 e. The second kappa shape index (κ2) is 5.77. The molecule has 116 valence electrons. The van der Waals surface area contributed by atoms with Gasteiger partial charge in [0.25, 0.3) is 0 Å². The number of rotatable bonds is 3. The van der Waals surface area contributed by atoms with Crippen LogP contribution in [0.15, 0.2) is 30.3 Å². The van der Waals surface area contributed by atoms with Gasteiger partial charge in [-0.25, -0.2) is 0 Å². The summed E-state index contributed by atoms with van der Waals surface area (Å²) < 4.78 is 10.7. The van der Waals surface area contributed by atoms with Gasteiger partial charge in [-0.05, 0) is 29.8 Å². The zero-order chi connectivity index (χ0) is 15.7. The first-order chi connectivity index (χ1) is 10.6. The number of methoxy groups -OCH3 is 2. The molecule has 5 heteroatoms. The van der Waals surface area contributed by atoms with Crippen molar-refractivity contribution >= 4 is 0 Å². The van der Waals surface area contributed by atoms with Crippen LogP contribution in [-0.2, 0) is 6.42 Å². The molecule has 0 fully saturated rings. The molecule has 1 aliphatic rings. The number of phenols is 2. The van der Waals surface area contributed by atoms with Crippen LogP contribution in [0, 0.1) is 0 Å². The van der Waals surface area contributed by atoms with Crippen molar-refractivity contribution in [1.29, 1.82) is 0 Å². The van der Waals surface area contributed by atoms with Gasteiger partial charge < -0.3 is 25.0 Å². The number of ether oxygens (including phenoxy) is 2. The van der Waals surface area contributed by atoms with Crippen LogP contribution in [0.4, 0.5) is 0 Å². The Labute approximate surface area is 129 Å². The third-order valence-corrected chi connectivity index (χ3v) is 4.16. The van der Waals surface area contributed by atoms with Gasteiger partial charge in [-0.3, -0.25) is 0 Å². The van der Waals surface area contributed by atoms with Crippen LogP contribution in [0.3, 0.4) is 0 Å². The van der Waals surface area contributed by atoms with Crippen LogP contribution in [0.25, 0.3) is 0 Å². The van der Waals surface area contributed by atoms with Gasteiger partial charge in [0, 0.05) is 18.1 Å². The summed E-state index contributed by atoms with van der Waals surface area (Å²) in [6.07, 6.45) is 0.859. The van der Waals surface area contributed by atoms with Crippen molar-refractivity contribution in [3.8, 4) is 23.0 Å². The molecule has 0 aliphatic carbocycles. The SMILES string of the molecule is COc1ccc([C@@H]2[NH2+]CCc3cc(O)c(O)cc32)c(OC)c1. The smallest absolute Gasteiger partial charge is 0.157 e. The summed E-state index contributed by atoms with van der Waals surface area (Å²) in [5, 5.41) is 21.7. The van der Waals surface area contributed by atoms with E-state index in [9.17, 15) is 10.2 Å². The maximum absolute atomic E-state index is 9.83. The monoisotopic (exact) mass is 302 g/mol. The number of quaternary nitrogens is 1. The molecule has 0 aromatic heterocycles. The Kier molecular flexibility index (Phi) is 3.81. The van der Waals surface area contributed by atoms with Crippen LogP contribution in [0.2, 0.25) is 0 Å². The molecule has 0 radical (unpaired) electrons. The Morgan fingerprint density at radius 1 is 1.00 bits per heavy atom. The predicted molar refractivity (Wildman–Crippen MR) is 81.7 cm³/mol. The van der Waals surface area contributed by atoms with E-state index >= 15 is 0 Å². The second-order valence-electron chi connectivity index (χ2n) is 5.40. The molecule has 0 spiro atoms. The van der Waals surface area contributed by atoms with Crippen molar-refractivity contribution in [1.82, 2.24) is 0 Å². The molecule has 0 saturated carbocycles. The number of hydrogen-bond acceptors (Lipinski definition) is 4. The third-order valence-electron chi connectivity index (χ3n) is 4.16. The van der Waals surface area contributed by atoms with Crippen molar-refractivity contribution in [3.05, 3.63) is 47.0 Å². The molecule has 4 N–H and O–H groups in total. The first kappa shape index (κ1) is 14.5. The predicted octanol–water partition coefficient (Wildman–Crippen LogP) is 1.32. The van der Waals surface area contributed by atoms with Gasteiger partial charge in [-0.15, -0.1) is 0 Å². The van der Waals surface area contributed by atoms with E-state index in [1.807, 2.05) is 18.2 Å². The average Bonchev–Trinajstić information content (AvgIpc) is 2.55. The highest BCUT2D eigenvalue weighted by Crippen LogP contribution is 2.37. The number of nitrogens with two attached hydrogens (primary N) is 1. The minimum absolute atomic E-state index is 0.0242. The van der Waals surface area contributed by atoms with E-state index in [2.05, 4.69) is 5.32 Å². The van der Waals surface area contributed by atoms with Crippen LogP contribution in [0.5, 0.6) is 23.0 Å². The van der Waals surface area contributed by atoms with Crippen molar-refractivity contribution in [2.75, 3.05) is 20.8 Å². The van der Waals surface area contributed by atoms with Crippen molar-refractivity contribution < 1.29 is 25.0 Å². The Balaban J connectivity index is 2.09. The van der Waals surface area contributed by atoms with Crippen LogP contribution in [-0.4, -0.2) is 31.0 Å². The minimum atomic E-state index is -0.0912. The van der Waals surface area contributed by atoms with Crippen molar-refractivity contribution in [2.24, 2.45) is 0 Å². The molecule has 0 unspecified atom stereocenters. The Hall–Kier alpha value is -2.40.